The van der Waals surface area contributed by atoms with E-state index in [0.29, 0.717) is 18.9 Å². The summed E-state index contributed by atoms with van der Waals surface area (Å²) in [5.41, 5.74) is 3.72. The van der Waals surface area contributed by atoms with Crippen LogP contribution in [0.4, 0.5) is 9.59 Å². The van der Waals surface area contributed by atoms with Gasteiger partial charge in [-0.15, -0.1) is 22.7 Å². The third-order valence-electron chi connectivity index (χ3n) is 7.67. The zero-order valence-electron chi connectivity index (χ0n) is 27.5. The Bertz CT molecular complexity index is 1310. The van der Waals surface area contributed by atoms with Crippen LogP contribution in [0.3, 0.4) is 0 Å². The Hall–Kier alpha value is -3.31. The van der Waals surface area contributed by atoms with E-state index in [1.54, 1.807) is 35.0 Å². The molecule has 0 aliphatic carbocycles. The molecule has 0 bridgehead atoms. The number of ether oxygens (including phenoxy) is 1. The zero-order chi connectivity index (χ0) is 32.8. The van der Waals surface area contributed by atoms with Crippen molar-refractivity contribution in [1.82, 2.24) is 25.5 Å². The lowest BCUT2D eigenvalue weighted by Crippen LogP contribution is -2.49. The van der Waals surface area contributed by atoms with E-state index in [9.17, 15) is 14.4 Å². The Morgan fingerprint density at radius 2 is 1.76 bits per heavy atom. The number of rotatable bonds is 18. The molecule has 3 rings (SSSR count). The van der Waals surface area contributed by atoms with Crippen molar-refractivity contribution in [2.75, 3.05) is 7.05 Å². The standard InChI is InChI=1S/C34H49N5O4S2/c1-7-11-27(37-34(42)43-20-29-18-35-22-45-29)15-14-26(16-25-12-9-8-10-13-25)17-30(40)31(23(2)3)38-33(41)39(6)19-28-21-44-32(36-28)24(4)5/h8-10,12-13,18,21-24,26-27,31H,7,11,14-17,19-20H2,1-6H3,(H,37,42)(H,38,41)/t26-,27+,31+/m1/s1. The van der Waals surface area contributed by atoms with Crippen LogP contribution in [0.2, 0.25) is 0 Å². The number of hydrogen-bond acceptors (Lipinski definition) is 8. The lowest BCUT2D eigenvalue weighted by molar-refractivity contribution is -0.122. The Morgan fingerprint density at radius 1 is 1.00 bits per heavy atom. The molecule has 3 amide bonds. The monoisotopic (exact) mass is 655 g/mol. The molecular formula is C34H49N5O4S2. The fraction of sp³-hybridized carbons (Fsp3) is 0.559. The van der Waals surface area contributed by atoms with Crippen molar-refractivity contribution in [2.45, 2.75) is 104 Å². The number of nitrogens with zero attached hydrogens (tertiary/aromatic N) is 3. The number of nitrogens with one attached hydrogen (secondary N) is 2. The van der Waals surface area contributed by atoms with Gasteiger partial charge in [0.2, 0.25) is 0 Å². The second-order valence-corrected chi connectivity index (χ2v) is 14.2. The van der Waals surface area contributed by atoms with Gasteiger partial charge in [-0.3, -0.25) is 9.78 Å². The molecule has 0 aliphatic rings. The third-order valence-corrected chi connectivity index (χ3v) is 9.62. The number of urea groups is 1. The van der Waals surface area contributed by atoms with Crippen molar-refractivity contribution in [2.24, 2.45) is 11.8 Å². The Labute approximate surface area is 276 Å². The van der Waals surface area contributed by atoms with E-state index in [2.05, 4.69) is 53.5 Å². The highest BCUT2D eigenvalue weighted by molar-refractivity contribution is 7.09. The smallest absolute Gasteiger partial charge is 0.407 e. The van der Waals surface area contributed by atoms with Crippen LogP contribution < -0.4 is 10.6 Å². The second-order valence-electron chi connectivity index (χ2n) is 12.3. The molecule has 0 unspecified atom stereocenters. The molecule has 2 N–H and O–H groups in total. The normalized spacial score (nSPS) is 13.3. The lowest BCUT2D eigenvalue weighted by atomic mass is 9.85. The largest absolute Gasteiger partial charge is 0.444 e. The summed E-state index contributed by atoms with van der Waals surface area (Å²) < 4.78 is 5.41. The summed E-state index contributed by atoms with van der Waals surface area (Å²) in [5, 5.41) is 9.07. The maximum Gasteiger partial charge on any atom is 0.407 e. The molecule has 0 saturated heterocycles. The van der Waals surface area contributed by atoms with Crippen molar-refractivity contribution >= 4 is 40.6 Å². The minimum Gasteiger partial charge on any atom is -0.444 e. The molecule has 246 valence electrons. The van der Waals surface area contributed by atoms with Crippen LogP contribution in [-0.4, -0.2) is 51.9 Å². The van der Waals surface area contributed by atoms with E-state index in [0.717, 1.165) is 53.2 Å². The van der Waals surface area contributed by atoms with Crippen LogP contribution >= 0.6 is 22.7 Å². The Morgan fingerprint density at radius 3 is 2.38 bits per heavy atom. The number of Topliss-reactive ketones (excluding diaryl/α,β-unsaturated/α-hetero) is 1. The fourth-order valence-electron chi connectivity index (χ4n) is 5.21. The van der Waals surface area contributed by atoms with E-state index in [4.69, 9.17) is 4.74 Å². The Kier molecular flexibility index (Phi) is 15.0. The van der Waals surface area contributed by atoms with Gasteiger partial charge in [-0.25, -0.2) is 14.6 Å². The number of carbonyl (C=O) groups is 3. The summed E-state index contributed by atoms with van der Waals surface area (Å²) in [5.74, 6) is 0.342. The van der Waals surface area contributed by atoms with Crippen LogP contribution in [0.15, 0.2) is 47.4 Å². The first-order valence-corrected chi connectivity index (χ1v) is 17.6. The molecule has 1 aromatic carbocycles. The molecule has 11 heteroatoms. The molecule has 0 spiro atoms. The van der Waals surface area contributed by atoms with E-state index in [1.165, 1.54) is 11.3 Å². The van der Waals surface area contributed by atoms with Gasteiger partial charge < -0.3 is 20.3 Å². The van der Waals surface area contributed by atoms with Gasteiger partial charge in [-0.1, -0.05) is 71.4 Å². The van der Waals surface area contributed by atoms with E-state index < -0.39 is 12.1 Å². The molecular weight excluding hydrogens is 607 g/mol. The summed E-state index contributed by atoms with van der Waals surface area (Å²) in [4.78, 5) is 50.7. The van der Waals surface area contributed by atoms with Gasteiger partial charge in [0.25, 0.3) is 0 Å². The number of benzene rings is 1. The topological polar surface area (TPSA) is 114 Å². The second kappa shape index (κ2) is 18.6. The summed E-state index contributed by atoms with van der Waals surface area (Å²) in [6.07, 6.45) is 5.53. The van der Waals surface area contributed by atoms with E-state index >= 15 is 0 Å². The maximum atomic E-state index is 13.8. The first-order valence-electron chi connectivity index (χ1n) is 15.9. The number of aromatic nitrogens is 2. The molecule has 2 heterocycles. The van der Waals surface area contributed by atoms with Crippen LogP contribution in [-0.2, 0) is 29.1 Å². The van der Waals surface area contributed by atoms with Crippen LogP contribution in [0.25, 0.3) is 0 Å². The number of amides is 3. The number of thiazole rings is 2. The average molecular weight is 656 g/mol. The number of ketones is 1. The van der Waals surface area contributed by atoms with Gasteiger partial charge in [0, 0.05) is 37.0 Å². The summed E-state index contributed by atoms with van der Waals surface area (Å²) >= 11 is 3.05. The zero-order valence-corrected chi connectivity index (χ0v) is 29.1. The lowest BCUT2D eigenvalue weighted by Gasteiger charge is -2.27. The van der Waals surface area contributed by atoms with Gasteiger partial charge in [0.15, 0.2) is 5.78 Å². The summed E-state index contributed by atoms with van der Waals surface area (Å²) in [6.45, 7) is 10.8. The quantitative estimate of drug-likeness (QED) is 0.146. The molecule has 9 nitrogen and oxygen atoms in total. The van der Waals surface area contributed by atoms with Gasteiger partial charge in [-0.2, -0.15) is 0 Å². The molecule has 2 aromatic heterocycles. The minimum atomic E-state index is -0.605. The van der Waals surface area contributed by atoms with Gasteiger partial charge in [-0.05, 0) is 43.1 Å². The molecule has 0 saturated carbocycles. The van der Waals surface area contributed by atoms with Crippen molar-refractivity contribution in [3.8, 4) is 0 Å². The molecule has 45 heavy (non-hydrogen) atoms. The van der Waals surface area contributed by atoms with Crippen LogP contribution in [0, 0.1) is 11.8 Å². The van der Waals surface area contributed by atoms with Crippen molar-refractivity contribution in [3.05, 3.63) is 68.6 Å². The maximum absolute atomic E-state index is 13.8. The molecule has 0 aliphatic heterocycles. The molecule has 0 fully saturated rings. The molecule has 3 aromatic rings. The van der Waals surface area contributed by atoms with Crippen molar-refractivity contribution in [1.29, 1.82) is 0 Å². The third kappa shape index (κ3) is 12.5. The number of alkyl carbamates (subject to hydrolysis) is 1. The SMILES string of the molecule is CCC[C@@H](CC[C@@H](CC(=O)[C@@H](NC(=O)N(C)Cc1csc(C(C)C)n1)C(C)C)Cc1ccccc1)NC(=O)OCc1cncs1. The molecule has 0 radical (unpaired) electrons. The highest BCUT2D eigenvalue weighted by Gasteiger charge is 2.28. The summed E-state index contributed by atoms with van der Waals surface area (Å²) in [6, 6.07) is 9.21. The molecule has 3 atom stereocenters. The number of hydrogen-bond donors (Lipinski definition) is 2. The van der Waals surface area contributed by atoms with E-state index in [1.807, 2.05) is 37.4 Å². The minimum absolute atomic E-state index is 0.0207. The van der Waals surface area contributed by atoms with Gasteiger partial charge >= 0.3 is 12.1 Å². The average Bonchev–Trinajstić information content (AvgIpc) is 3.70. The number of carbonyl (C=O) groups excluding carboxylic acids is 3. The predicted octanol–water partition coefficient (Wildman–Crippen LogP) is 7.58. The van der Waals surface area contributed by atoms with Gasteiger partial charge in [0.1, 0.15) is 6.61 Å². The first kappa shape index (κ1) is 36.2. The highest BCUT2D eigenvalue weighted by Crippen LogP contribution is 2.23. The predicted molar refractivity (Wildman–Crippen MR) is 181 cm³/mol. The first-order chi connectivity index (χ1) is 21.5. The fourth-order valence-corrected chi connectivity index (χ4v) is 6.54. The van der Waals surface area contributed by atoms with Crippen molar-refractivity contribution in [3.63, 3.8) is 0 Å². The summed E-state index contributed by atoms with van der Waals surface area (Å²) in [7, 11) is 1.73. The van der Waals surface area contributed by atoms with Crippen molar-refractivity contribution < 1.29 is 19.1 Å². The van der Waals surface area contributed by atoms with Crippen LogP contribution in [0.1, 0.15) is 93.8 Å². The van der Waals surface area contributed by atoms with Gasteiger partial charge in [0.05, 0.1) is 33.7 Å². The van der Waals surface area contributed by atoms with Crippen LogP contribution in [0.5, 0.6) is 0 Å². The highest BCUT2D eigenvalue weighted by atomic mass is 32.1. The Balaban J connectivity index is 1.63. The van der Waals surface area contributed by atoms with E-state index in [-0.39, 0.29) is 36.3 Å².